The molecule has 0 radical (unpaired) electrons. The van der Waals surface area contributed by atoms with Crippen molar-refractivity contribution in [3.05, 3.63) is 12.7 Å². The van der Waals surface area contributed by atoms with E-state index in [-0.39, 0.29) is 11.8 Å². The third-order valence-electron chi connectivity index (χ3n) is 1.16. The van der Waals surface area contributed by atoms with Crippen molar-refractivity contribution in [1.82, 2.24) is 0 Å². The lowest BCUT2D eigenvalue weighted by atomic mass is 9.90. The molecule has 0 aromatic carbocycles. The van der Waals surface area contributed by atoms with Gasteiger partial charge in [0.15, 0.2) is 0 Å². The highest BCUT2D eigenvalue weighted by Crippen LogP contribution is 2.20. The molecule has 0 aliphatic heterocycles. The third kappa shape index (κ3) is 3.76. The third-order valence-corrected chi connectivity index (χ3v) is 1.16. The van der Waals surface area contributed by atoms with E-state index in [0.29, 0.717) is 0 Å². The SMILES string of the molecule is C=CC(C)(C)CC(=O)O. The number of hydrogen-bond acceptors (Lipinski definition) is 1. The Morgan fingerprint density at radius 2 is 2.22 bits per heavy atom. The molecule has 0 rings (SSSR count). The standard InChI is InChI=1S/C7H12O2/c1-4-7(2,3)5-6(8)9/h4H,1,5H2,2-3H3,(H,8,9). The lowest BCUT2D eigenvalue weighted by Crippen LogP contribution is -2.12. The van der Waals surface area contributed by atoms with Gasteiger partial charge < -0.3 is 5.11 Å². The minimum absolute atomic E-state index is 0.149. The molecule has 0 aromatic heterocycles. The smallest absolute Gasteiger partial charge is 0.304 e. The Kier molecular flexibility index (Phi) is 2.43. The molecule has 9 heavy (non-hydrogen) atoms. The van der Waals surface area contributed by atoms with Crippen LogP contribution in [0.25, 0.3) is 0 Å². The fourth-order valence-corrected chi connectivity index (χ4v) is 0.462. The monoisotopic (exact) mass is 128 g/mol. The first-order chi connectivity index (χ1) is 3.98. The van der Waals surface area contributed by atoms with Crippen LogP contribution in [0.1, 0.15) is 20.3 Å². The molecule has 0 spiro atoms. The van der Waals surface area contributed by atoms with E-state index in [2.05, 4.69) is 6.58 Å². The summed E-state index contributed by atoms with van der Waals surface area (Å²) < 4.78 is 0. The van der Waals surface area contributed by atoms with Crippen molar-refractivity contribution in [2.45, 2.75) is 20.3 Å². The molecule has 0 aliphatic carbocycles. The van der Waals surface area contributed by atoms with Gasteiger partial charge >= 0.3 is 5.97 Å². The van der Waals surface area contributed by atoms with Crippen molar-refractivity contribution in [2.75, 3.05) is 0 Å². The number of carboxylic acid groups (broad SMARTS) is 1. The molecule has 0 aromatic rings. The van der Waals surface area contributed by atoms with Gasteiger partial charge in [-0.2, -0.15) is 0 Å². The van der Waals surface area contributed by atoms with Gasteiger partial charge in [0, 0.05) is 0 Å². The summed E-state index contributed by atoms with van der Waals surface area (Å²) in [6.45, 7) is 7.20. The van der Waals surface area contributed by atoms with Gasteiger partial charge in [-0.15, -0.1) is 6.58 Å². The van der Waals surface area contributed by atoms with Crippen LogP contribution in [-0.4, -0.2) is 11.1 Å². The molecule has 0 amide bonds. The number of hydrogen-bond donors (Lipinski definition) is 1. The van der Waals surface area contributed by atoms with Gasteiger partial charge in [0.1, 0.15) is 0 Å². The molecule has 0 fully saturated rings. The first kappa shape index (κ1) is 8.21. The summed E-state index contributed by atoms with van der Waals surface area (Å²) in [6, 6.07) is 0. The maximum atomic E-state index is 10.1. The van der Waals surface area contributed by atoms with Crippen molar-refractivity contribution in [2.24, 2.45) is 5.41 Å². The summed E-state index contributed by atoms with van der Waals surface area (Å²) in [7, 11) is 0. The second-order valence-electron chi connectivity index (χ2n) is 2.76. The average Bonchev–Trinajstić information content (AvgIpc) is 1.63. The van der Waals surface area contributed by atoms with Crippen LogP contribution in [0.15, 0.2) is 12.7 Å². The molecule has 0 atom stereocenters. The molecule has 1 N–H and O–H groups in total. The van der Waals surface area contributed by atoms with Crippen LogP contribution in [0, 0.1) is 5.41 Å². The largest absolute Gasteiger partial charge is 0.481 e. The predicted molar refractivity (Wildman–Crippen MR) is 36.2 cm³/mol. The van der Waals surface area contributed by atoms with E-state index >= 15 is 0 Å². The highest BCUT2D eigenvalue weighted by atomic mass is 16.4. The maximum absolute atomic E-state index is 10.1. The number of carbonyl (C=O) groups is 1. The zero-order valence-corrected chi connectivity index (χ0v) is 5.85. The summed E-state index contributed by atoms with van der Waals surface area (Å²) in [5.41, 5.74) is -0.272. The summed E-state index contributed by atoms with van der Waals surface area (Å²) in [6.07, 6.45) is 1.80. The summed E-state index contributed by atoms with van der Waals surface area (Å²) in [4.78, 5) is 10.1. The Balaban J connectivity index is 3.86. The van der Waals surface area contributed by atoms with E-state index in [1.807, 2.05) is 13.8 Å². The van der Waals surface area contributed by atoms with Crippen LogP contribution in [0.3, 0.4) is 0 Å². The Labute approximate surface area is 55.2 Å². The second-order valence-corrected chi connectivity index (χ2v) is 2.76. The molecular weight excluding hydrogens is 116 g/mol. The minimum Gasteiger partial charge on any atom is -0.481 e. The highest BCUT2D eigenvalue weighted by Gasteiger charge is 2.16. The Morgan fingerprint density at radius 3 is 2.33 bits per heavy atom. The molecule has 0 saturated carbocycles. The predicted octanol–water partition coefficient (Wildman–Crippen LogP) is 1.67. The zero-order valence-electron chi connectivity index (χ0n) is 5.85. The van der Waals surface area contributed by atoms with Crippen molar-refractivity contribution in [1.29, 1.82) is 0 Å². The van der Waals surface area contributed by atoms with Crippen molar-refractivity contribution >= 4 is 5.97 Å². The summed E-state index contributed by atoms with van der Waals surface area (Å²) in [5.74, 6) is -0.778. The molecule has 0 unspecified atom stereocenters. The van der Waals surface area contributed by atoms with Crippen molar-refractivity contribution in [3.8, 4) is 0 Å². The molecule has 0 heterocycles. The average molecular weight is 128 g/mol. The number of rotatable bonds is 3. The second kappa shape index (κ2) is 2.67. The molecule has 0 aliphatic rings. The van der Waals surface area contributed by atoms with Crippen LogP contribution in [0.2, 0.25) is 0 Å². The van der Waals surface area contributed by atoms with Gasteiger partial charge in [0.05, 0.1) is 6.42 Å². The molecule has 0 saturated heterocycles. The summed E-state index contributed by atoms with van der Waals surface area (Å²) in [5, 5.41) is 8.33. The van der Waals surface area contributed by atoms with Gasteiger partial charge in [-0.05, 0) is 5.41 Å². The first-order valence-electron chi connectivity index (χ1n) is 2.83. The van der Waals surface area contributed by atoms with Crippen LogP contribution >= 0.6 is 0 Å². The van der Waals surface area contributed by atoms with Crippen LogP contribution in [0.4, 0.5) is 0 Å². The number of aliphatic carboxylic acids is 1. The zero-order chi connectivity index (χ0) is 7.49. The quantitative estimate of drug-likeness (QED) is 0.587. The van der Waals surface area contributed by atoms with Gasteiger partial charge in [-0.25, -0.2) is 0 Å². The van der Waals surface area contributed by atoms with Crippen LogP contribution in [0.5, 0.6) is 0 Å². The van der Waals surface area contributed by atoms with Gasteiger partial charge in [0.25, 0.3) is 0 Å². The number of carboxylic acids is 1. The lowest BCUT2D eigenvalue weighted by Gasteiger charge is -2.15. The van der Waals surface area contributed by atoms with Crippen molar-refractivity contribution < 1.29 is 9.90 Å². The lowest BCUT2D eigenvalue weighted by molar-refractivity contribution is -0.138. The first-order valence-corrected chi connectivity index (χ1v) is 2.83. The van der Waals surface area contributed by atoms with E-state index in [9.17, 15) is 4.79 Å². The van der Waals surface area contributed by atoms with Gasteiger partial charge in [-0.3, -0.25) is 4.79 Å². The van der Waals surface area contributed by atoms with E-state index < -0.39 is 5.97 Å². The molecule has 2 nitrogen and oxygen atoms in total. The Hall–Kier alpha value is -0.790. The van der Waals surface area contributed by atoms with E-state index in [4.69, 9.17) is 5.11 Å². The molecule has 2 heteroatoms. The van der Waals surface area contributed by atoms with E-state index in [1.54, 1.807) is 6.08 Å². The topological polar surface area (TPSA) is 37.3 Å². The van der Waals surface area contributed by atoms with Gasteiger partial charge in [0.2, 0.25) is 0 Å². The number of allylic oxidation sites excluding steroid dienone is 1. The van der Waals surface area contributed by atoms with E-state index in [1.165, 1.54) is 0 Å². The van der Waals surface area contributed by atoms with Crippen LogP contribution in [-0.2, 0) is 4.79 Å². The maximum Gasteiger partial charge on any atom is 0.304 e. The fraction of sp³-hybridized carbons (Fsp3) is 0.571. The fourth-order valence-electron chi connectivity index (χ4n) is 0.462. The molecular formula is C7H12O2. The molecule has 52 valence electrons. The summed E-state index contributed by atoms with van der Waals surface area (Å²) >= 11 is 0. The van der Waals surface area contributed by atoms with Crippen LogP contribution < -0.4 is 0 Å². The van der Waals surface area contributed by atoms with E-state index in [0.717, 1.165) is 0 Å². The Bertz CT molecular complexity index is 125. The molecule has 0 bridgehead atoms. The highest BCUT2D eigenvalue weighted by molar-refractivity contribution is 5.67. The normalized spacial score (nSPS) is 10.9. The van der Waals surface area contributed by atoms with Gasteiger partial charge in [-0.1, -0.05) is 19.9 Å². The minimum atomic E-state index is -0.778. The van der Waals surface area contributed by atoms with Crippen molar-refractivity contribution in [3.63, 3.8) is 0 Å². The Morgan fingerprint density at radius 1 is 1.78 bits per heavy atom.